The van der Waals surface area contributed by atoms with Gasteiger partial charge in [-0.1, -0.05) is 18.2 Å². The average Bonchev–Trinajstić information content (AvgIpc) is 3.33. The van der Waals surface area contributed by atoms with Crippen LogP contribution in [0.2, 0.25) is 5.28 Å². The Hall–Kier alpha value is -2.06. The van der Waals surface area contributed by atoms with Gasteiger partial charge < -0.3 is 34.4 Å². The van der Waals surface area contributed by atoms with E-state index in [0.29, 0.717) is 17.4 Å². The van der Waals surface area contributed by atoms with Crippen LogP contribution in [0.5, 0.6) is 0 Å². The predicted octanol–water partition coefficient (Wildman–Crippen LogP) is 2.60. The first-order valence-corrected chi connectivity index (χ1v) is 15.1. The molecule has 0 saturated carbocycles. The molecule has 5 N–H and O–H groups in total. The molecular formula is C20H24ClF2N5O8P2. The van der Waals surface area contributed by atoms with Crippen molar-refractivity contribution < 1.29 is 47.0 Å². The van der Waals surface area contributed by atoms with Gasteiger partial charge in [-0.15, -0.1) is 0 Å². The van der Waals surface area contributed by atoms with E-state index in [1.165, 1.54) is 12.3 Å². The summed E-state index contributed by atoms with van der Waals surface area (Å²) < 4.78 is 63.1. The zero-order chi connectivity index (χ0) is 27.8. The summed E-state index contributed by atoms with van der Waals surface area (Å²) in [5, 5.41) is 17.6. The summed E-state index contributed by atoms with van der Waals surface area (Å²) in [5.41, 5.74) is 0.524. The Labute approximate surface area is 219 Å². The third-order valence-corrected chi connectivity index (χ3v) is 9.26. The summed E-state index contributed by atoms with van der Waals surface area (Å²) in [4.78, 5) is 35.6. The molecule has 1 unspecified atom stereocenters. The zero-order valence-corrected chi connectivity index (χ0v) is 22.2. The summed E-state index contributed by atoms with van der Waals surface area (Å²) in [6, 6.07) is 5.99. The van der Waals surface area contributed by atoms with Crippen LogP contribution < -0.4 is 5.32 Å². The molecule has 1 aliphatic heterocycles. The highest BCUT2D eigenvalue weighted by molar-refractivity contribution is 7.70. The number of aliphatic hydroxyl groups excluding tert-OH is 1. The molecule has 0 spiro atoms. The van der Waals surface area contributed by atoms with E-state index in [-0.39, 0.29) is 28.6 Å². The minimum Gasteiger partial charge on any atom is -0.387 e. The van der Waals surface area contributed by atoms with Crippen LogP contribution in [0, 0.1) is 5.82 Å². The molecule has 0 radical (unpaired) electrons. The lowest BCUT2D eigenvalue weighted by molar-refractivity contribution is -0.0472. The highest BCUT2D eigenvalue weighted by atomic mass is 35.5. The average molecular weight is 598 g/mol. The van der Waals surface area contributed by atoms with Crippen LogP contribution >= 0.6 is 26.8 Å². The molecule has 38 heavy (non-hydrogen) atoms. The number of aromatic nitrogens is 4. The molecule has 0 amide bonds. The topological polar surface area (TPSA) is 189 Å². The van der Waals surface area contributed by atoms with Gasteiger partial charge >= 0.3 is 15.2 Å². The number of ether oxygens (including phenoxy) is 1. The van der Waals surface area contributed by atoms with Gasteiger partial charge in [0, 0.05) is 6.04 Å². The molecule has 1 fully saturated rings. The van der Waals surface area contributed by atoms with Crippen LogP contribution in [-0.4, -0.2) is 76.5 Å². The summed E-state index contributed by atoms with van der Waals surface area (Å²) in [6.45, 7) is 0.963. The SMILES string of the molecule is C[C@H](Cc1ccccc1F)Nc1nc(Cl)nc2c1cnn2[C@@H]1O[C@H](COP(=O)(O)CP(=O)(O)O)[C@@H](O)[C@@H]1F. The molecule has 0 bridgehead atoms. The molecule has 13 nitrogen and oxygen atoms in total. The maximum atomic E-state index is 15.0. The number of aliphatic hydroxyl groups is 1. The number of hydrogen-bond acceptors (Lipinski definition) is 9. The molecule has 1 saturated heterocycles. The van der Waals surface area contributed by atoms with Gasteiger partial charge in [0.1, 0.15) is 23.8 Å². The number of alkyl halides is 1. The van der Waals surface area contributed by atoms with E-state index < -0.39 is 52.3 Å². The largest absolute Gasteiger partial charge is 0.387 e. The van der Waals surface area contributed by atoms with Crippen LogP contribution in [0.25, 0.3) is 11.0 Å². The fraction of sp³-hybridized carbons (Fsp3) is 0.450. The first kappa shape index (κ1) is 28.9. The molecule has 208 valence electrons. The second kappa shape index (κ2) is 11.2. The van der Waals surface area contributed by atoms with Crippen LogP contribution in [0.3, 0.4) is 0 Å². The van der Waals surface area contributed by atoms with Crippen molar-refractivity contribution in [2.75, 3.05) is 17.8 Å². The summed E-state index contributed by atoms with van der Waals surface area (Å²) in [6.07, 6.45) is -5.31. The monoisotopic (exact) mass is 597 g/mol. The summed E-state index contributed by atoms with van der Waals surface area (Å²) in [5.74, 6) is -1.57. The Balaban J connectivity index is 1.52. The van der Waals surface area contributed by atoms with Crippen molar-refractivity contribution in [3.05, 3.63) is 47.1 Å². The molecule has 18 heteroatoms. The van der Waals surface area contributed by atoms with Crippen molar-refractivity contribution in [3.8, 4) is 0 Å². The van der Waals surface area contributed by atoms with Gasteiger partial charge in [0.2, 0.25) is 5.28 Å². The number of benzene rings is 1. The second-order valence-corrected chi connectivity index (χ2v) is 13.1. The minimum absolute atomic E-state index is 0.0429. The molecule has 4 rings (SSSR count). The second-order valence-electron chi connectivity index (χ2n) is 8.75. The number of nitrogens with one attached hydrogen (secondary N) is 1. The Morgan fingerprint density at radius 3 is 2.66 bits per heavy atom. The Kier molecular flexibility index (Phi) is 8.53. The van der Waals surface area contributed by atoms with Crippen LogP contribution in [0.4, 0.5) is 14.6 Å². The maximum absolute atomic E-state index is 15.0. The lowest BCUT2D eigenvalue weighted by atomic mass is 10.1. The predicted molar refractivity (Wildman–Crippen MR) is 131 cm³/mol. The zero-order valence-electron chi connectivity index (χ0n) is 19.6. The maximum Gasteiger partial charge on any atom is 0.340 e. The van der Waals surface area contributed by atoms with Gasteiger partial charge in [-0.05, 0) is 36.6 Å². The third kappa shape index (κ3) is 6.74. The molecule has 1 aromatic carbocycles. The molecule has 3 aromatic rings. The molecule has 3 heterocycles. The first-order chi connectivity index (χ1) is 17.7. The summed E-state index contributed by atoms with van der Waals surface area (Å²) in [7, 11) is -9.63. The van der Waals surface area contributed by atoms with Gasteiger partial charge in [0.05, 0.1) is 18.2 Å². The van der Waals surface area contributed by atoms with E-state index in [2.05, 4.69) is 24.9 Å². The number of anilines is 1. The smallest absolute Gasteiger partial charge is 0.340 e. The van der Waals surface area contributed by atoms with Crippen LogP contribution in [-0.2, 0) is 24.8 Å². The van der Waals surface area contributed by atoms with E-state index in [1.54, 1.807) is 25.1 Å². The number of nitrogens with zero attached hydrogens (tertiary/aromatic N) is 4. The quantitative estimate of drug-likeness (QED) is 0.170. The summed E-state index contributed by atoms with van der Waals surface area (Å²) >= 11 is 6.08. The Morgan fingerprint density at radius 1 is 1.26 bits per heavy atom. The van der Waals surface area contributed by atoms with E-state index >= 15 is 4.39 Å². The lowest BCUT2D eigenvalue weighted by Gasteiger charge is -2.18. The third-order valence-electron chi connectivity index (χ3n) is 5.63. The van der Waals surface area contributed by atoms with Crippen molar-refractivity contribution in [1.29, 1.82) is 0 Å². The molecule has 0 aliphatic carbocycles. The fourth-order valence-electron chi connectivity index (χ4n) is 3.98. The van der Waals surface area contributed by atoms with Crippen molar-refractivity contribution in [1.82, 2.24) is 19.7 Å². The highest BCUT2D eigenvalue weighted by Gasteiger charge is 2.47. The molecule has 2 aromatic heterocycles. The lowest BCUT2D eigenvalue weighted by Crippen LogP contribution is -2.31. The van der Waals surface area contributed by atoms with E-state index in [1.807, 2.05) is 0 Å². The van der Waals surface area contributed by atoms with Gasteiger partial charge in [-0.25, -0.2) is 13.5 Å². The Bertz CT molecular complexity index is 1410. The van der Waals surface area contributed by atoms with Crippen molar-refractivity contribution in [2.24, 2.45) is 0 Å². The van der Waals surface area contributed by atoms with Gasteiger partial charge in [0.25, 0.3) is 0 Å². The van der Waals surface area contributed by atoms with Crippen LogP contribution in [0.1, 0.15) is 18.7 Å². The van der Waals surface area contributed by atoms with Crippen molar-refractivity contribution >= 4 is 43.6 Å². The number of hydrogen-bond donors (Lipinski definition) is 5. The number of fused-ring (bicyclic) bond motifs is 1. The normalized spacial score (nSPS) is 24.4. The standard InChI is InChI=1S/C20H24ClF2N5O8P2/c1-10(6-11-4-2-3-5-13(11)22)25-17-12-7-24-28(18(12)27-20(21)26-17)19-15(23)16(29)14(36-19)8-35-38(33,34)9-37(30,31)32/h2-5,7,10,14-16,19,29H,6,8-9H2,1H3,(H,33,34)(H,25,26,27)(H2,30,31,32)/t10-,14-,15+,16-,19-/m1/s1. The number of rotatable bonds is 10. The minimum atomic E-state index is -4.88. The van der Waals surface area contributed by atoms with Crippen molar-refractivity contribution in [3.63, 3.8) is 0 Å². The van der Waals surface area contributed by atoms with Gasteiger partial charge in [0.15, 0.2) is 23.9 Å². The van der Waals surface area contributed by atoms with Crippen molar-refractivity contribution in [2.45, 2.75) is 44.0 Å². The van der Waals surface area contributed by atoms with E-state index in [9.17, 15) is 23.5 Å². The van der Waals surface area contributed by atoms with Gasteiger partial charge in [-0.2, -0.15) is 15.1 Å². The fourth-order valence-corrected chi connectivity index (χ4v) is 6.71. The highest BCUT2D eigenvalue weighted by Crippen LogP contribution is 2.55. The molecular weight excluding hydrogens is 574 g/mol. The number of halogens is 3. The first-order valence-electron chi connectivity index (χ1n) is 11.1. The Morgan fingerprint density at radius 2 is 1.97 bits per heavy atom. The van der Waals surface area contributed by atoms with Crippen LogP contribution in [0.15, 0.2) is 30.5 Å². The van der Waals surface area contributed by atoms with Gasteiger partial charge in [-0.3, -0.25) is 9.13 Å². The van der Waals surface area contributed by atoms with E-state index in [4.69, 9.17) is 26.1 Å². The van der Waals surface area contributed by atoms with E-state index in [0.717, 1.165) is 4.68 Å². The molecule has 6 atom stereocenters. The molecule has 1 aliphatic rings.